The molecule has 3 aliphatic heterocycles. The van der Waals surface area contributed by atoms with E-state index in [9.17, 15) is 30.0 Å². The van der Waals surface area contributed by atoms with Crippen molar-refractivity contribution in [2.75, 3.05) is 47.9 Å². The van der Waals surface area contributed by atoms with Gasteiger partial charge in [0.25, 0.3) is 5.91 Å². The quantitative estimate of drug-likeness (QED) is 0.0664. The van der Waals surface area contributed by atoms with Crippen LogP contribution in [0.2, 0.25) is 5.15 Å². The Hall–Kier alpha value is -1.37. The van der Waals surface area contributed by atoms with E-state index in [2.05, 4.69) is 15.2 Å². The maximum absolute atomic E-state index is 14.3. The monoisotopic (exact) mass is 1040 g/mol. The Balaban J connectivity index is 1.74. The van der Waals surface area contributed by atoms with Gasteiger partial charge in [-0.05, 0) is 130 Å². The van der Waals surface area contributed by atoms with Gasteiger partial charge in [0.1, 0.15) is 29.1 Å². The summed E-state index contributed by atoms with van der Waals surface area (Å²) < 4.78 is 43.9. The summed E-state index contributed by atoms with van der Waals surface area (Å²) in [5, 5.41) is 50.1. The van der Waals surface area contributed by atoms with Gasteiger partial charge in [-0.3, -0.25) is 9.59 Å². The molecular weight excluding hydrogens is 967 g/mol. The van der Waals surface area contributed by atoms with Crippen molar-refractivity contribution in [3.63, 3.8) is 0 Å². The number of pyridine rings is 1. The number of carbonyl (C=O) groups is 2. The zero-order chi connectivity index (χ0) is 48.1. The molecule has 64 heavy (non-hydrogen) atoms. The number of nitrogens with zero attached hydrogens (tertiary/aromatic N) is 3. The number of nitrogens with one attached hydrogen (secondary N) is 1. The van der Waals surface area contributed by atoms with Crippen LogP contribution in [0.4, 0.5) is 0 Å². The predicted molar refractivity (Wildman–Crippen MR) is 248 cm³/mol. The van der Waals surface area contributed by atoms with Crippen LogP contribution >= 0.6 is 34.2 Å². The van der Waals surface area contributed by atoms with Crippen LogP contribution in [-0.2, 0) is 38.0 Å². The molecule has 4 heterocycles. The number of hydrogen-bond acceptors (Lipinski definition) is 16. The van der Waals surface area contributed by atoms with Gasteiger partial charge in [-0.2, -0.15) is 0 Å². The molecule has 0 radical (unpaired) electrons. The molecule has 1 amide bonds. The van der Waals surface area contributed by atoms with Gasteiger partial charge in [-0.15, -0.1) is 0 Å². The molecule has 0 unspecified atom stereocenters. The van der Waals surface area contributed by atoms with E-state index in [0.29, 0.717) is 25.9 Å². The average molecular weight is 1040 g/mol. The fraction of sp³-hybridized carbons (Fsp3) is 0.844. The predicted octanol–water partition coefficient (Wildman–Crippen LogP) is 3.78. The molecule has 19 heteroatoms. The molecule has 0 saturated carbocycles. The van der Waals surface area contributed by atoms with Crippen LogP contribution in [-0.4, -0.2) is 183 Å². The van der Waals surface area contributed by atoms with E-state index in [1.54, 1.807) is 46.8 Å². The lowest BCUT2D eigenvalue weighted by Crippen LogP contribution is -2.61. The van der Waals surface area contributed by atoms with E-state index in [1.807, 2.05) is 69.4 Å². The Morgan fingerprint density at radius 2 is 1.72 bits per heavy atom. The number of aliphatic hydroxyl groups is 4. The number of alkyl halides is 1. The van der Waals surface area contributed by atoms with Crippen LogP contribution < -0.4 is 5.32 Å². The molecule has 0 spiro atoms. The van der Waals surface area contributed by atoms with E-state index < -0.39 is 94.0 Å². The number of halogens is 2. The summed E-state index contributed by atoms with van der Waals surface area (Å²) in [4.78, 5) is 35.1. The van der Waals surface area contributed by atoms with Gasteiger partial charge in [-0.1, -0.05) is 25.4 Å². The summed E-state index contributed by atoms with van der Waals surface area (Å²) in [6.45, 7) is 16.8. The lowest BCUT2D eigenvalue weighted by molar-refractivity contribution is -0.321. The van der Waals surface area contributed by atoms with Crippen LogP contribution in [0.25, 0.3) is 0 Å². The first-order chi connectivity index (χ1) is 29.7. The van der Waals surface area contributed by atoms with Gasteiger partial charge in [0.05, 0.1) is 47.1 Å². The van der Waals surface area contributed by atoms with Crippen LogP contribution in [0.15, 0.2) is 18.3 Å². The molecule has 18 atom stereocenters. The van der Waals surface area contributed by atoms with Crippen LogP contribution in [0.3, 0.4) is 0 Å². The number of cyclic esters (lactones) is 1. The van der Waals surface area contributed by atoms with E-state index in [1.165, 1.54) is 20.2 Å². The van der Waals surface area contributed by atoms with Crippen molar-refractivity contribution in [1.29, 1.82) is 0 Å². The van der Waals surface area contributed by atoms with E-state index in [-0.39, 0.29) is 54.1 Å². The summed E-state index contributed by atoms with van der Waals surface area (Å²) >= 11 is 7.97. The molecule has 3 saturated heterocycles. The number of amides is 1. The van der Waals surface area contributed by atoms with Crippen molar-refractivity contribution in [2.45, 2.75) is 176 Å². The van der Waals surface area contributed by atoms with Crippen LogP contribution in [0.1, 0.15) is 98.4 Å². The second-order valence-corrected chi connectivity index (χ2v) is 20.9. The highest BCUT2D eigenvalue weighted by Crippen LogP contribution is 2.40. The second-order valence-electron chi connectivity index (χ2n) is 19.4. The van der Waals surface area contributed by atoms with Gasteiger partial charge < -0.3 is 68.7 Å². The Kier molecular flexibility index (Phi) is 20.1. The number of carbonyl (C=O) groups excluding carboxylic acids is 2. The summed E-state index contributed by atoms with van der Waals surface area (Å²) in [7, 11) is 7.25. The molecule has 3 fully saturated rings. The number of methoxy groups -OCH3 is 1. The van der Waals surface area contributed by atoms with Crippen LogP contribution in [0, 0.1) is 17.8 Å². The number of likely N-dealkylation sites (N-methyl/N-ethyl adjacent to an activating group) is 2. The SMILES string of the molecule is CO[C@]1(C)C[C@H](O[C@H]2[C@H](C)[C@@H](O[C@@H]3O[C@H](C)C[C@H](N(C)C)[C@H]3OCCCNC(=O)c3cccnc3Cl)[C@](C)(O)C[C@@H](C)CN(C)[C@H](C)[C@@H](O)[C@](C)(O)[C@@H](I)OC(=O)[C@@H]2C)O[C@@H](C)[C@@H]1O. The van der Waals surface area contributed by atoms with Crippen molar-refractivity contribution >= 4 is 46.1 Å². The topological polar surface area (TPSA) is 211 Å². The smallest absolute Gasteiger partial charge is 0.312 e. The maximum Gasteiger partial charge on any atom is 0.312 e. The van der Waals surface area contributed by atoms with Gasteiger partial charge in [0.2, 0.25) is 0 Å². The fourth-order valence-electron chi connectivity index (χ4n) is 9.46. The minimum Gasteiger partial charge on any atom is -0.448 e. The summed E-state index contributed by atoms with van der Waals surface area (Å²) in [5.74, 6) is -3.08. The molecule has 0 aromatic carbocycles. The van der Waals surface area contributed by atoms with Gasteiger partial charge >= 0.3 is 5.97 Å². The summed E-state index contributed by atoms with van der Waals surface area (Å²) in [6, 6.07) is 2.50. The number of esters is 1. The fourth-order valence-corrected chi connectivity index (χ4v) is 10.3. The second kappa shape index (κ2) is 23.3. The van der Waals surface area contributed by atoms with E-state index in [0.717, 1.165) is 0 Å². The number of aromatic nitrogens is 1. The first-order valence-corrected chi connectivity index (χ1v) is 24.1. The minimum absolute atomic E-state index is 0.110. The number of rotatable bonds is 12. The first kappa shape index (κ1) is 55.2. The van der Waals surface area contributed by atoms with Gasteiger partial charge in [-0.25, -0.2) is 4.98 Å². The van der Waals surface area contributed by atoms with Crippen molar-refractivity contribution in [3.8, 4) is 0 Å². The molecular formula is C45H76ClIN4O13. The maximum atomic E-state index is 14.3. The number of ether oxygens (including phenoxy) is 7. The molecule has 1 aromatic rings. The summed E-state index contributed by atoms with van der Waals surface area (Å²) in [6.07, 6.45) is -5.12. The average Bonchev–Trinajstić information content (AvgIpc) is 3.22. The Labute approximate surface area is 398 Å². The van der Waals surface area contributed by atoms with Crippen molar-refractivity contribution in [2.24, 2.45) is 17.8 Å². The molecule has 0 bridgehead atoms. The lowest BCUT2D eigenvalue weighted by Gasteiger charge is -2.49. The van der Waals surface area contributed by atoms with E-state index in [4.69, 9.17) is 44.8 Å². The Bertz CT molecular complexity index is 1670. The lowest BCUT2D eigenvalue weighted by atomic mass is 9.77. The van der Waals surface area contributed by atoms with Crippen molar-refractivity contribution < 1.29 is 63.2 Å². The molecule has 1 aromatic heterocycles. The Morgan fingerprint density at radius 1 is 1.05 bits per heavy atom. The zero-order valence-corrected chi connectivity index (χ0v) is 42.8. The van der Waals surface area contributed by atoms with Crippen molar-refractivity contribution in [3.05, 3.63) is 29.0 Å². The minimum atomic E-state index is -1.85. The highest BCUT2D eigenvalue weighted by atomic mass is 127. The molecule has 5 N–H and O–H groups in total. The van der Waals surface area contributed by atoms with E-state index >= 15 is 0 Å². The molecule has 368 valence electrons. The standard InChI is InChI=1S/C45H76ClIN4O13/c1-24-21-43(7,56)37(63-41-34(31(50(10)11)20-25(2)60-41)59-19-15-18-49-39(54)30-16-14-17-48-38(30)46)26(3)33(62-32-22-44(8,58-13)36(53)29(6)61-32)27(4)40(55)64-42(47)45(9,57)35(52)28(5)51(12)23-24/h14,16-17,24-29,31-37,41-42,52-53,56-57H,15,18-23H2,1-13H3,(H,49,54)/t24-,25-,26+,27-,28-,29+,31+,32+,33+,34-,35-,36+,37-,41+,42+,43-,44-,45+/m1/s1. The number of hydrogen-bond donors (Lipinski definition) is 5. The zero-order valence-electron chi connectivity index (χ0n) is 39.9. The third kappa shape index (κ3) is 13.4. The largest absolute Gasteiger partial charge is 0.448 e. The first-order valence-electron chi connectivity index (χ1n) is 22.4. The van der Waals surface area contributed by atoms with Crippen molar-refractivity contribution in [1.82, 2.24) is 20.1 Å². The third-order valence-corrected chi connectivity index (χ3v) is 15.3. The summed E-state index contributed by atoms with van der Waals surface area (Å²) in [5.41, 5.74) is -4.23. The normalized spacial score (nSPS) is 42.4. The van der Waals surface area contributed by atoms with Crippen LogP contribution in [0.5, 0.6) is 0 Å². The molecule has 4 rings (SSSR count). The third-order valence-electron chi connectivity index (χ3n) is 13.5. The molecule has 17 nitrogen and oxygen atoms in total. The molecule has 3 aliphatic rings. The van der Waals surface area contributed by atoms with Gasteiger partial charge in [0, 0.05) is 57.4 Å². The highest BCUT2D eigenvalue weighted by Gasteiger charge is 2.53. The van der Waals surface area contributed by atoms with Gasteiger partial charge in [0.15, 0.2) is 16.7 Å². The highest BCUT2D eigenvalue weighted by molar-refractivity contribution is 14.1. The Morgan fingerprint density at radius 3 is 2.34 bits per heavy atom. The molecule has 0 aliphatic carbocycles. The number of aliphatic hydroxyl groups excluding tert-OH is 2.